The van der Waals surface area contributed by atoms with E-state index in [0.717, 1.165) is 128 Å². The van der Waals surface area contributed by atoms with Gasteiger partial charge < -0.3 is 14.2 Å². The fourth-order valence-electron chi connectivity index (χ4n) is 7.01. The smallest absolute Gasteiger partial charge is 0.306 e. The summed E-state index contributed by atoms with van der Waals surface area (Å²) in [7, 11) is 0. The quantitative estimate of drug-likeness (QED) is 0.0345. The van der Waals surface area contributed by atoms with Gasteiger partial charge in [0, 0.05) is 19.4 Å². The van der Waals surface area contributed by atoms with Crippen LogP contribution >= 0.6 is 0 Å². The molecule has 0 fully saturated rings. The Morgan fingerprint density at radius 3 is 1.01 bits per heavy atom. The molecule has 5 heteroatoms. The Hall–Kier alpha value is -4.48. The molecule has 0 aliphatic carbocycles. The van der Waals surface area contributed by atoms with Gasteiger partial charge >= 0.3 is 11.9 Å². The molecular formula is C65H102O5. The van der Waals surface area contributed by atoms with E-state index in [1.807, 2.05) is 6.08 Å². The second kappa shape index (κ2) is 58.8. The highest BCUT2D eigenvalue weighted by molar-refractivity contribution is 5.70. The Labute approximate surface area is 431 Å². The molecule has 0 radical (unpaired) electrons. The van der Waals surface area contributed by atoms with Crippen molar-refractivity contribution in [2.24, 2.45) is 0 Å². The third-order valence-corrected chi connectivity index (χ3v) is 11.1. The van der Waals surface area contributed by atoms with Gasteiger partial charge in [0.2, 0.25) is 0 Å². The molecule has 0 spiro atoms. The number of ether oxygens (including phenoxy) is 3. The minimum absolute atomic E-state index is 0.0220. The van der Waals surface area contributed by atoms with Gasteiger partial charge in [0.15, 0.2) is 6.10 Å². The van der Waals surface area contributed by atoms with Crippen LogP contribution in [0.3, 0.4) is 0 Å². The molecule has 0 aromatic carbocycles. The van der Waals surface area contributed by atoms with Crippen LogP contribution in [0.4, 0.5) is 0 Å². The summed E-state index contributed by atoms with van der Waals surface area (Å²) in [6.07, 6.45) is 87.0. The van der Waals surface area contributed by atoms with E-state index in [9.17, 15) is 9.59 Å². The topological polar surface area (TPSA) is 61.8 Å². The molecule has 0 N–H and O–H groups in total. The summed E-state index contributed by atoms with van der Waals surface area (Å²) in [5, 5.41) is 0. The van der Waals surface area contributed by atoms with Crippen LogP contribution in [0.2, 0.25) is 0 Å². The maximum atomic E-state index is 12.9. The Morgan fingerprint density at radius 2 is 0.629 bits per heavy atom. The Kier molecular flexibility index (Phi) is 55.1. The monoisotopic (exact) mass is 963 g/mol. The Bertz CT molecular complexity index is 1560. The molecule has 0 aromatic heterocycles. The van der Waals surface area contributed by atoms with Gasteiger partial charge in [-0.05, 0) is 128 Å². The van der Waals surface area contributed by atoms with Gasteiger partial charge in [-0.1, -0.05) is 230 Å². The molecule has 0 rings (SSSR count). The summed E-state index contributed by atoms with van der Waals surface area (Å²) in [4.78, 5) is 25.5. The third kappa shape index (κ3) is 56.1. The average molecular weight is 964 g/mol. The van der Waals surface area contributed by atoms with Gasteiger partial charge in [-0.15, -0.1) is 0 Å². The zero-order valence-corrected chi connectivity index (χ0v) is 45.0. The number of carbonyl (C=O) groups is 2. The molecule has 0 aliphatic heterocycles. The minimum atomic E-state index is -0.596. The van der Waals surface area contributed by atoms with Crippen LogP contribution in [0.15, 0.2) is 158 Å². The van der Waals surface area contributed by atoms with Gasteiger partial charge in [0.25, 0.3) is 0 Å². The molecule has 0 aliphatic rings. The average Bonchev–Trinajstić information content (AvgIpc) is 3.36. The molecule has 392 valence electrons. The van der Waals surface area contributed by atoms with E-state index < -0.39 is 6.10 Å². The van der Waals surface area contributed by atoms with Crippen molar-refractivity contribution < 1.29 is 23.8 Å². The number of hydrogen-bond acceptors (Lipinski definition) is 5. The fraction of sp³-hybridized carbons (Fsp3) is 0.569. The number of carbonyl (C=O) groups excluding carboxylic acids is 2. The van der Waals surface area contributed by atoms with Crippen molar-refractivity contribution in [3.8, 4) is 0 Å². The predicted molar refractivity (Wildman–Crippen MR) is 306 cm³/mol. The second-order valence-electron chi connectivity index (χ2n) is 17.7. The summed E-state index contributed by atoms with van der Waals surface area (Å²) in [6.45, 7) is 7.34. The second-order valence-corrected chi connectivity index (χ2v) is 17.7. The van der Waals surface area contributed by atoms with Crippen LogP contribution in [0.1, 0.15) is 213 Å². The zero-order chi connectivity index (χ0) is 50.6. The third-order valence-electron chi connectivity index (χ3n) is 11.1. The predicted octanol–water partition coefficient (Wildman–Crippen LogP) is 19.5. The zero-order valence-electron chi connectivity index (χ0n) is 45.0. The normalized spacial score (nSPS) is 13.5. The number of allylic oxidation sites excluding steroid dienone is 26. The van der Waals surface area contributed by atoms with E-state index in [1.54, 1.807) is 0 Å². The molecular weight excluding hydrogens is 861 g/mol. The van der Waals surface area contributed by atoms with Crippen molar-refractivity contribution >= 4 is 11.9 Å². The maximum Gasteiger partial charge on any atom is 0.306 e. The SMILES string of the molecule is CC/C=C\C/C=C\C/C=C\C/C=C\C/C=C\C/C=C\CCC(=O)OCC(COCCCCCCC/C=C\C/C=C\C/C=C\C/C=C\CC)OC(=O)CCCCCCCCC/C=C\C/C=C\C/C=C\CC. The maximum absolute atomic E-state index is 12.9. The van der Waals surface area contributed by atoms with Gasteiger partial charge in [-0.3, -0.25) is 9.59 Å². The summed E-state index contributed by atoms with van der Waals surface area (Å²) in [5.74, 6) is -0.528. The molecule has 0 saturated heterocycles. The van der Waals surface area contributed by atoms with Crippen LogP contribution in [-0.4, -0.2) is 37.9 Å². The van der Waals surface area contributed by atoms with Crippen LogP contribution in [-0.2, 0) is 23.8 Å². The van der Waals surface area contributed by atoms with Crippen LogP contribution in [0.25, 0.3) is 0 Å². The van der Waals surface area contributed by atoms with Crippen LogP contribution in [0, 0.1) is 0 Å². The van der Waals surface area contributed by atoms with E-state index in [4.69, 9.17) is 14.2 Å². The van der Waals surface area contributed by atoms with Gasteiger partial charge in [-0.2, -0.15) is 0 Å². The highest BCUT2D eigenvalue weighted by Crippen LogP contribution is 2.13. The first-order valence-electron chi connectivity index (χ1n) is 28.0. The molecule has 0 saturated carbocycles. The first-order chi connectivity index (χ1) is 34.6. The molecule has 1 unspecified atom stereocenters. The summed E-state index contributed by atoms with van der Waals surface area (Å²) in [6, 6.07) is 0. The number of hydrogen-bond donors (Lipinski definition) is 0. The molecule has 70 heavy (non-hydrogen) atoms. The number of esters is 2. The first-order valence-corrected chi connectivity index (χ1v) is 28.0. The van der Waals surface area contributed by atoms with Crippen molar-refractivity contribution in [2.75, 3.05) is 19.8 Å². The summed E-state index contributed by atoms with van der Waals surface area (Å²) >= 11 is 0. The van der Waals surface area contributed by atoms with Crippen molar-refractivity contribution in [2.45, 2.75) is 219 Å². The van der Waals surface area contributed by atoms with Crippen LogP contribution < -0.4 is 0 Å². The summed E-state index contributed by atoms with van der Waals surface area (Å²) in [5.41, 5.74) is 0. The molecule has 0 heterocycles. The lowest BCUT2D eigenvalue weighted by molar-refractivity contribution is -0.162. The van der Waals surface area contributed by atoms with Crippen molar-refractivity contribution in [3.63, 3.8) is 0 Å². The molecule has 0 aromatic rings. The lowest BCUT2D eigenvalue weighted by atomic mass is 10.1. The van der Waals surface area contributed by atoms with E-state index in [-0.39, 0.29) is 31.6 Å². The molecule has 0 amide bonds. The largest absolute Gasteiger partial charge is 0.462 e. The fourth-order valence-corrected chi connectivity index (χ4v) is 7.01. The van der Waals surface area contributed by atoms with E-state index in [2.05, 4.69) is 173 Å². The van der Waals surface area contributed by atoms with E-state index in [0.29, 0.717) is 19.4 Å². The van der Waals surface area contributed by atoms with Gasteiger partial charge in [-0.25, -0.2) is 0 Å². The Morgan fingerprint density at radius 1 is 0.314 bits per heavy atom. The van der Waals surface area contributed by atoms with E-state index >= 15 is 0 Å². The lowest BCUT2D eigenvalue weighted by Crippen LogP contribution is -2.30. The Balaban J connectivity index is 4.49. The van der Waals surface area contributed by atoms with Gasteiger partial charge in [0.1, 0.15) is 6.61 Å². The van der Waals surface area contributed by atoms with E-state index in [1.165, 1.54) is 44.9 Å². The van der Waals surface area contributed by atoms with Crippen molar-refractivity contribution in [1.29, 1.82) is 0 Å². The van der Waals surface area contributed by atoms with Gasteiger partial charge in [0.05, 0.1) is 6.61 Å². The standard InChI is InChI=1S/C65H102O5/c1-4-7-10-13-16-19-22-25-28-31-33-35-37-40-43-46-49-52-55-58-64(66)69-62-63(61-68-60-57-54-51-48-45-42-39-36-32-29-26-23-20-17-14-11-8-5-2)70-65(67)59-56-53-50-47-44-41-38-34-30-27-24-21-18-15-12-9-6-3/h7-12,16-21,25-30,33,35-36,39-40,43,49,52,63H,4-6,13-15,22-24,31-32,34,37-38,41-42,44-48,50-51,53-62H2,1-3H3/b10-7-,11-8-,12-9-,19-16-,20-17-,21-18-,28-25-,29-26-,30-27-,35-33-,39-36-,43-40-,52-49-. The lowest BCUT2D eigenvalue weighted by Gasteiger charge is -2.18. The van der Waals surface area contributed by atoms with Crippen molar-refractivity contribution in [3.05, 3.63) is 158 Å². The highest BCUT2D eigenvalue weighted by atomic mass is 16.6. The summed E-state index contributed by atoms with van der Waals surface area (Å²) < 4.78 is 17.4. The minimum Gasteiger partial charge on any atom is -0.462 e. The molecule has 5 nitrogen and oxygen atoms in total. The molecule has 1 atom stereocenters. The van der Waals surface area contributed by atoms with Crippen LogP contribution in [0.5, 0.6) is 0 Å². The first kappa shape index (κ1) is 65.5. The van der Waals surface area contributed by atoms with Crippen molar-refractivity contribution in [1.82, 2.24) is 0 Å². The number of unbranched alkanes of at least 4 members (excludes halogenated alkanes) is 12. The molecule has 0 bridgehead atoms. The highest BCUT2D eigenvalue weighted by Gasteiger charge is 2.17. The number of rotatable bonds is 49.